The van der Waals surface area contributed by atoms with Crippen LogP contribution in [-0.2, 0) is 4.79 Å². The number of carbonyl (C=O) groups excluding carboxylic acids is 2. The predicted octanol–water partition coefficient (Wildman–Crippen LogP) is 3.23. The summed E-state index contributed by atoms with van der Waals surface area (Å²) < 4.78 is 0. The molecule has 0 saturated heterocycles. The van der Waals surface area contributed by atoms with Gasteiger partial charge in [0.05, 0.1) is 0 Å². The molecule has 3 aromatic carbocycles. The second-order valence-electron chi connectivity index (χ2n) is 7.23. The summed E-state index contributed by atoms with van der Waals surface area (Å²) in [5.41, 5.74) is 4.21. The molecule has 5 nitrogen and oxygen atoms in total. The zero-order chi connectivity index (χ0) is 21.3. The minimum atomic E-state index is -0.583. The first-order valence-corrected chi connectivity index (χ1v) is 10.2. The molecule has 2 atom stereocenters. The molecule has 0 aliphatic carbocycles. The van der Waals surface area contributed by atoms with Crippen molar-refractivity contribution in [3.63, 3.8) is 0 Å². The van der Waals surface area contributed by atoms with E-state index in [0.29, 0.717) is 6.54 Å². The number of carbonyl (C=O) groups is 2. The van der Waals surface area contributed by atoms with Gasteiger partial charge in [-0.05, 0) is 13.8 Å². The number of nitrogens with one attached hydrogen (secondary N) is 2. The molecule has 3 aromatic rings. The van der Waals surface area contributed by atoms with E-state index < -0.39 is 12.1 Å². The zero-order valence-electron chi connectivity index (χ0n) is 17.3. The Bertz CT molecular complexity index is 957. The van der Waals surface area contributed by atoms with E-state index in [9.17, 15) is 9.59 Å². The van der Waals surface area contributed by atoms with Crippen molar-refractivity contribution < 1.29 is 14.9 Å². The highest BCUT2D eigenvalue weighted by molar-refractivity contribution is 5.96. The van der Waals surface area contributed by atoms with Gasteiger partial charge in [-0.3, -0.25) is 10.1 Å². The maximum Gasteiger partial charge on any atom is 0.321 e. The van der Waals surface area contributed by atoms with E-state index in [-0.39, 0.29) is 11.9 Å². The van der Waals surface area contributed by atoms with Gasteiger partial charge in [0.15, 0.2) is 6.04 Å². The lowest BCUT2D eigenvalue weighted by Gasteiger charge is -2.23. The molecule has 0 heterocycles. The molecule has 154 valence electrons. The van der Waals surface area contributed by atoms with E-state index in [0.717, 1.165) is 16.7 Å². The molecule has 0 aliphatic heterocycles. The van der Waals surface area contributed by atoms with Gasteiger partial charge < -0.3 is 10.6 Å². The zero-order valence-corrected chi connectivity index (χ0v) is 17.3. The molecule has 0 spiro atoms. The number of amides is 3. The first kappa shape index (κ1) is 21.3. The predicted molar refractivity (Wildman–Crippen MR) is 118 cm³/mol. The van der Waals surface area contributed by atoms with E-state index in [1.54, 1.807) is 0 Å². The largest absolute Gasteiger partial charge is 0.338 e. The minimum Gasteiger partial charge on any atom is -0.338 e. The third-order valence-corrected chi connectivity index (χ3v) is 5.00. The number of hydrogen-bond acceptors (Lipinski definition) is 2. The van der Waals surface area contributed by atoms with Crippen LogP contribution in [-0.4, -0.2) is 18.5 Å². The van der Waals surface area contributed by atoms with E-state index in [1.807, 2.05) is 60.8 Å². The van der Waals surface area contributed by atoms with Gasteiger partial charge in [0.1, 0.15) is 6.04 Å². The molecular formula is C25H28N3O2+. The molecule has 0 radical (unpaired) electrons. The maximum atomic E-state index is 13.1. The van der Waals surface area contributed by atoms with Crippen molar-refractivity contribution in [2.24, 2.45) is 0 Å². The van der Waals surface area contributed by atoms with Crippen LogP contribution in [0.4, 0.5) is 4.79 Å². The molecule has 4 N–H and O–H groups in total. The third-order valence-electron chi connectivity index (χ3n) is 5.00. The molecule has 0 aliphatic rings. The van der Waals surface area contributed by atoms with Crippen LogP contribution in [0.2, 0.25) is 0 Å². The van der Waals surface area contributed by atoms with Gasteiger partial charge in [0.2, 0.25) is 0 Å². The lowest BCUT2D eigenvalue weighted by Crippen LogP contribution is -2.88. The molecule has 5 heteroatoms. The molecular weight excluding hydrogens is 374 g/mol. The monoisotopic (exact) mass is 402 g/mol. The van der Waals surface area contributed by atoms with Crippen LogP contribution < -0.4 is 16.0 Å². The molecule has 30 heavy (non-hydrogen) atoms. The molecule has 0 unspecified atom stereocenters. The normalized spacial score (nSPS) is 12.6. The number of quaternary nitrogens is 1. The Morgan fingerprint density at radius 2 is 1.33 bits per heavy atom. The SMILES string of the molecule is CCNC(=O)NC(=O)[C@H]([NH2+][C@@H](c1ccccc1)c1ccc(C)cc1)c1ccccc1. The number of rotatable bonds is 7. The van der Waals surface area contributed by atoms with Gasteiger partial charge >= 0.3 is 6.03 Å². The second kappa shape index (κ2) is 10.4. The van der Waals surface area contributed by atoms with E-state index >= 15 is 0 Å². The topological polar surface area (TPSA) is 74.8 Å². The fourth-order valence-electron chi connectivity index (χ4n) is 3.45. The summed E-state index contributed by atoms with van der Waals surface area (Å²) in [5.74, 6) is -0.347. The number of hydrogen-bond donors (Lipinski definition) is 3. The quantitative estimate of drug-likeness (QED) is 0.568. The second-order valence-corrected chi connectivity index (χ2v) is 7.23. The number of urea groups is 1. The summed E-state index contributed by atoms with van der Waals surface area (Å²) in [6.07, 6.45) is 0. The smallest absolute Gasteiger partial charge is 0.321 e. The van der Waals surface area contributed by atoms with Crippen LogP contribution in [0.25, 0.3) is 0 Å². The average Bonchev–Trinajstić information content (AvgIpc) is 2.76. The Kier molecular flexibility index (Phi) is 7.35. The van der Waals surface area contributed by atoms with Gasteiger partial charge in [-0.1, -0.05) is 90.5 Å². The average molecular weight is 403 g/mol. The van der Waals surface area contributed by atoms with Crippen LogP contribution in [0.3, 0.4) is 0 Å². The highest BCUT2D eigenvalue weighted by Gasteiger charge is 2.30. The first-order valence-electron chi connectivity index (χ1n) is 10.2. The lowest BCUT2D eigenvalue weighted by molar-refractivity contribution is -0.713. The Labute approximate surface area is 177 Å². The highest BCUT2D eigenvalue weighted by Crippen LogP contribution is 2.21. The van der Waals surface area contributed by atoms with Crippen LogP contribution in [0.5, 0.6) is 0 Å². The summed E-state index contributed by atoms with van der Waals surface area (Å²) in [4.78, 5) is 25.1. The number of nitrogens with two attached hydrogens (primary N) is 1. The molecule has 0 aromatic heterocycles. The number of aryl methyl sites for hydroxylation is 1. The number of benzene rings is 3. The Hall–Kier alpha value is -3.44. The summed E-state index contributed by atoms with van der Waals surface area (Å²) in [6.45, 7) is 4.32. The van der Waals surface area contributed by atoms with E-state index in [4.69, 9.17) is 0 Å². The summed E-state index contributed by atoms with van der Waals surface area (Å²) in [6, 6.07) is 26.8. The fourth-order valence-corrected chi connectivity index (χ4v) is 3.45. The van der Waals surface area contributed by atoms with Crippen LogP contribution >= 0.6 is 0 Å². The summed E-state index contributed by atoms with van der Waals surface area (Å²) in [7, 11) is 0. The van der Waals surface area contributed by atoms with Gasteiger partial charge in [0.25, 0.3) is 5.91 Å². The van der Waals surface area contributed by atoms with Gasteiger partial charge in [-0.25, -0.2) is 4.79 Å². The van der Waals surface area contributed by atoms with Gasteiger partial charge in [0, 0.05) is 23.2 Å². The van der Waals surface area contributed by atoms with Crippen molar-refractivity contribution in [1.82, 2.24) is 10.6 Å². The van der Waals surface area contributed by atoms with Crippen LogP contribution in [0.15, 0.2) is 84.9 Å². The Morgan fingerprint density at radius 1 is 0.800 bits per heavy atom. The maximum absolute atomic E-state index is 13.1. The summed E-state index contributed by atoms with van der Waals surface area (Å²) >= 11 is 0. The molecule has 3 rings (SSSR count). The van der Waals surface area contributed by atoms with Crippen LogP contribution in [0, 0.1) is 6.92 Å². The molecule has 3 amide bonds. The highest BCUT2D eigenvalue weighted by atomic mass is 16.2. The van der Waals surface area contributed by atoms with Crippen molar-refractivity contribution in [2.45, 2.75) is 25.9 Å². The fraction of sp³-hybridized carbons (Fsp3) is 0.200. The van der Waals surface area contributed by atoms with E-state index in [2.05, 4.69) is 54.0 Å². The molecule has 0 bridgehead atoms. The van der Waals surface area contributed by atoms with Crippen LogP contribution in [0.1, 0.15) is 41.3 Å². The van der Waals surface area contributed by atoms with Gasteiger partial charge in [-0.2, -0.15) is 0 Å². The van der Waals surface area contributed by atoms with Gasteiger partial charge in [-0.15, -0.1) is 0 Å². The summed E-state index contributed by atoms with van der Waals surface area (Å²) in [5, 5.41) is 7.12. The Balaban J connectivity index is 1.96. The third kappa shape index (κ3) is 5.55. The van der Waals surface area contributed by atoms with Crippen molar-refractivity contribution in [3.05, 3.63) is 107 Å². The van der Waals surface area contributed by atoms with E-state index in [1.165, 1.54) is 5.56 Å². The Morgan fingerprint density at radius 3 is 1.90 bits per heavy atom. The minimum absolute atomic E-state index is 0.100. The molecule has 0 saturated carbocycles. The molecule has 0 fully saturated rings. The van der Waals surface area contributed by atoms with Crippen molar-refractivity contribution >= 4 is 11.9 Å². The lowest BCUT2D eigenvalue weighted by atomic mass is 9.95. The standard InChI is InChI=1S/C25H27N3O2/c1-3-26-25(30)28-24(29)23(20-12-8-5-9-13-20)27-22(19-10-6-4-7-11-19)21-16-14-18(2)15-17-21/h4-17,22-23,27H,3H2,1-2H3,(H2,26,28,29,30)/p+1/t22-,23+/m0/s1. The number of imide groups is 1. The van der Waals surface area contributed by atoms with Crippen molar-refractivity contribution in [2.75, 3.05) is 6.54 Å². The first-order chi connectivity index (χ1) is 14.6. The van der Waals surface area contributed by atoms with Crippen molar-refractivity contribution in [1.29, 1.82) is 0 Å². The van der Waals surface area contributed by atoms with Crippen molar-refractivity contribution in [3.8, 4) is 0 Å².